The average Bonchev–Trinajstić information content (AvgIpc) is 3.03. The van der Waals surface area contributed by atoms with Crippen molar-refractivity contribution in [3.63, 3.8) is 0 Å². The molecule has 0 unspecified atom stereocenters. The highest BCUT2D eigenvalue weighted by molar-refractivity contribution is 7.18. The lowest BCUT2D eigenvalue weighted by Gasteiger charge is -1.99. The van der Waals surface area contributed by atoms with Crippen LogP contribution in [-0.2, 0) is 0 Å². The average molecular weight is 313 g/mol. The van der Waals surface area contributed by atoms with Gasteiger partial charge in [-0.1, -0.05) is 23.5 Å². The molecule has 6 heteroatoms. The van der Waals surface area contributed by atoms with E-state index in [-0.39, 0.29) is 5.82 Å². The van der Waals surface area contributed by atoms with Crippen molar-refractivity contribution in [3.8, 4) is 16.3 Å². The van der Waals surface area contributed by atoms with Crippen LogP contribution < -0.4 is 4.74 Å². The quantitative estimate of drug-likeness (QED) is 0.681. The van der Waals surface area contributed by atoms with Gasteiger partial charge < -0.3 is 4.74 Å². The zero-order valence-electron chi connectivity index (χ0n) is 11.7. The summed E-state index contributed by atoms with van der Waals surface area (Å²) in [5.74, 6) is 0.526. The van der Waals surface area contributed by atoms with Gasteiger partial charge in [0.25, 0.3) is 0 Å². The highest BCUT2D eigenvalue weighted by Gasteiger charge is 2.05. The second-order valence-electron chi connectivity index (χ2n) is 4.43. The topological polar surface area (TPSA) is 47.4 Å². The predicted molar refractivity (Wildman–Crippen MR) is 85.6 cm³/mol. The zero-order chi connectivity index (χ0) is 15.4. The third-order valence-corrected chi connectivity index (χ3v) is 3.83. The minimum absolute atomic E-state index is 0.269. The van der Waals surface area contributed by atoms with E-state index < -0.39 is 0 Å². The van der Waals surface area contributed by atoms with Crippen LogP contribution in [-0.4, -0.2) is 23.5 Å². The van der Waals surface area contributed by atoms with Gasteiger partial charge in [0.1, 0.15) is 16.6 Å². The van der Waals surface area contributed by atoms with E-state index in [0.717, 1.165) is 21.9 Å². The van der Waals surface area contributed by atoms with Gasteiger partial charge in [0.2, 0.25) is 5.13 Å². The number of aromatic nitrogens is 2. The summed E-state index contributed by atoms with van der Waals surface area (Å²) in [6.45, 7) is 0. The Bertz CT molecular complexity index is 782. The lowest BCUT2D eigenvalue weighted by molar-refractivity contribution is 0.415. The monoisotopic (exact) mass is 313 g/mol. The van der Waals surface area contributed by atoms with E-state index in [1.54, 1.807) is 25.5 Å². The number of hydrogen-bond donors (Lipinski definition) is 0. The normalized spacial score (nSPS) is 11.0. The molecule has 0 aliphatic carbocycles. The molecule has 0 amide bonds. The Balaban J connectivity index is 1.76. The van der Waals surface area contributed by atoms with Crippen LogP contribution in [0.25, 0.3) is 10.6 Å². The first-order valence-electron chi connectivity index (χ1n) is 6.52. The van der Waals surface area contributed by atoms with Crippen LogP contribution in [0, 0.1) is 5.82 Å². The Labute approximate surface area is 130 Å². The molecule has 2 aromatic carbocycles. The van der Waals surface area contributed by atoms with Crippen LogP contribution in [0.1, 0.15) is 5.56 Å². The van der Waals surface area contributed by atoms with Crippen molar-refractivity contribution < 1.29 is 9.13 Å². The van der Waals surface area contributed by atoms with Crippen LogP contribution in [0.5, 0.6) is 5.75 Å². The van der Waals surface area contributed by atoms with Gasteiger partial charge >= 0.3 is 0 Å². The van der Waals surface area contributed by atoms with Gasteiger partial charge in [0.05, 0.1) is 7.11 Å². The first-order valence-corrected chi connectivity index (χ1v) is 7.34. The predicted octanol–water partition coefficient (Wildman–Crippen LogP) is 4.10. The van der Waals surface area contributed by atoms with Gasteiger partial charge in [-0.3, -0.25) is 0 Å². The van der Waals surface area contributed by atoms with Gasteiger partial charge in [-0.2, -0.15) is 0 Å². The molecule has 3 rings (SSSR count). The van der Waals surface area contributed by atoms with Crippen molar-refractivity contribution in [2.45, 2.75) is 0 Å². The molecule has 0 N–H and O–H groups in total. The fourth-order valence-corrected chi connectivity index (χ4v) is 2.49. The molecule has 0 fully saturated rings. The molecule has 1 heterocycles. The molecule has 0 saturated heterocycles. The summed E-state index contributed by atoms with van der Waals surface area (Å²) in [6.07, 6.45) is 1.64. The molecule has 110 valence electrons. The second kappa shape index (κ2) is 6.44. The van der Waals surface area contributed by atoms with E-state index in [0.29, 0.717) is 5.13 Å². The molecule has 0 atom stereocenters. The number of halogens is 1. The Kier molecular flexibility index (Phi) is 4.20. The van der Waals surface area contributed by atoms with Crippen molar-refractivity contribution in [1.29, 1.82) is 0 Å². The molecule has 1 aromatic heterocycles. The smallest absolute Gasteiger partial charge is 0.231 e. The largest absolute Gasteiger partial charge is 0.497 e. The van der Waals surface area contributed by atoms with Crippen molar-refractivity contribution in [3.05, 3.63) is 59.9 Å². The van der Waals surface area contributed by atoms with E-state index in [2.05, 4.69) is 15.2 Å². The summed E-state index contributed by atoms with van der Waals surface area (Å²) >= 11 is 1.39. The van der Waals surface area contributed by atoms with Crippen LogP contribution in [0.2, 0.25) is 0 Å². The number of nitrogens with zero attached hydrogens (tertiary/aromatic N) is 3. The summed E-state index contributed by atoms with van der Waals surface area (Å²) in [6, 6.07) is 13.7. The molecule has 0 aliphatic rings. The van der Waals surface area contributed by atoms with Crippen molar-refractivity contribution in [1.82, 2.24) is 10.2 Å². The molecule has 3 aromatic rings. The minimum Gasteiger partial charge on any atom is -0.497 e. The van der Waals surface area contributed by atoms with Crippen LogP contribution in [0.4, 0.5) is 9.52 Å². The van der Waals surface area contributed by atoms with Crippen molar-refractivity contribution in [2.24, 2.45) is 4.99 Å². The SMILES string of the molecule is COc1ccc(-c2nnc(/N=C/c3ccc(F)cc3)s2)cc1. The lowest BCUT2D eigenvalue weighted by atomic mass is 10.2. The Morgan fingerprint density at radius 2 is 1.77 bits per heavy atom. The number of rotatable bonds is 4. The molecular weight excluding hydrogens is 301 g/mol. The third-order valence-electron chi connectivity index (χ3n) is 2.95. The van der Waals surface area contributed by atoms with E-state index in [1.807, 2.05) is 24.3 Å². The summed E-state index contributed by atoms with van der Waals surface area (Å²) in [7, 11) is 1.63. The molecule has 0 bridgehead atoms. The highest BCUT2D eigenvalue weighted by atomic mass is 32.1. The Hall–Kier alpha value is -2.60. The van der Waals surface area contributed by atoms with E-state index in [9.17, 15) is 4.39 Å². The number of aliphatic imine (C=N–C) groups is 1. The Morgan fingerprint density at radius 1 is 1.05 bits per heavy atom. The summed E-state index contributed by atoms with van der Waals surface area (Å²) < 4.78 is 17.9. The van der Waals surface area contributed by atoms with Gasteiger partial charge in [-0.15, -0.1) is 10.2 Å². The summed E-state index contributed by atoms with van der Waals surface area (Å²) in [5, 5.41) is 9.49. The number of benzene rings is 2. The molecule has 4 nitrogen and oxygen atoms in total. The summed E-state index contributed by atoms with van der Waals surface area (Å²) in [4.78, 5) is 4.26. The van der Waals surface area contributed by atoms with Crippen molar-refractivity contribution >= 4 is 22.7 Å². The van der Waals surface area contributed by atoms with E-state index >= 15 is 0 Å². The fourth-order valence-electron chi connectivity index (χ4n) is 1.80. The fraction of sp³-hybridized carbons (Fsp3) is 0.0625. The minimum atomic E-state index is -0.269. The highest BCUT2D eigenvalue weighted by Crippen LogP contribution is 2.29. The van der Waals surface area contributed by atoms with E-state index in [1.165, 1.54) is 23.5 Å². The second-order valence-corrected chi connectivity index (χ2v) is 5.38. The van der Waals surface area contributed by atoms with Gasteiger partial charge in [-0.25, -0.2) is 9.38 Å². The molecule has 0 radical (unpaired) electrons. The first kappa shape index (κ1) is 14.3. The number of methoxy groups -OCH3 is 1. The van der Waals surface area contributed by atoms with Crippen LogP contribution in [0.15, 0.2) is 53.5 Å². The van der Waals surface area contributed by atoms with Crippen LogP contribution >= 0.6 is 11.3 Å². The molecular formula is C16H12FN3OS. The Morgan fingerprint density at radius 3 is 2.45 bits per heavy atom. The molecule has 0 saturated carbocycles. The molecule has 22 heavy (non-hydrogen) atoms. The number of ether oxygens (including phenoxy) is 1. The maximum atomic E-state index is 12.8. The molecule has 0 aliphatic heterocycles. The van der Waals surface area contributed by atoms with Gasteiger partial charge in [0.15, 0.2) is 0 Å². The zero-order valence-corrected chi connectivity index (χ0v) is 12.5. The molecule has 0 spiro atoms. The first-order chi connectivity index (χ1) is 10.7. The maximum Gasteiger partial charge on any atom is 0.231 e. The third kappa shape index (κ3) is 3.35. The maximum absolute atomic E-state index is 12.8. The summed E-state index contributed by atoms with van der Waals surface area (Å²) in [5.41, 5.74) is 1.77. The van der Waals surface area contributed by atoms with Crippen molar-refractivity contribution in [2.75, 3.05) is 7.11 Å². The number of hydrogen-bond acceptors (Lipinski definition) is 5. The van der Waals surface area contributed by atoms with Gasteiger partial charge in [0, 0.05) is 11.8 Å². The van der Waals surface area contributed by atoms with Crippen LogP contribution in [0.3, 0.4) is 0 Å². The lowest BCUT2D eigenvalue weighted by Crippen LogP contribution is -1.82. The van der Waals surface area contributed by atoms with Gasteiger partial charge in [-0.05, 0) is 42.0 Å². The standard InChI is InChI=1S/C16H12FN3OS/c1-21-14-8-4-12(5-9-14)15-19-20-16(22-15)18-10-11-2-6-13(17)7-3-11/h2-10H,1H3/b18-10+. The van der Waals surface area contributed by atoms with E-state index in [4.69, 9.17) is 4.74 Å².